The number of nitrogens with zero attached hydrogens (tertiary/aromatic N) is 2. The fourth-order valence-corrected chi connectivity index (χ4v) is 3.19. The van der Waals surface area contributed by atoms with Gasteiger partial charge in [0.15, 0.2) is 0 Å². The second-order valence-electron chi connectivity index (χ2n) is 6.61. The first-order chi connectivity index (χ1) is 12.8. The van der Waals surface area contributed by atoms with Crippen molar-refractivity contribution in [2.24, 2.45) is 0 Å². The molecular weight excluding hydrogens is 347 g/mol. The Morgan fingerprint density at radius 3 is 2.33 bits per heavy atom. The fraction of sp³-hybridized carbons (Fsp3) is 0.238. The summed E-state index contributed by atoms with van der Waals surface area (Å²) in [4.78, 5) is 29.2. The molecule has 1 aliphatic rings. The molecule has 6 heteroatoms. The van der Waals surface area contributed by atoms with Crippen LogP contribution in [0.4, 0.5) is 10.1 Å². The summed E-state index contributed by atoms with van der Waals surface area (Å²) in [6, 6.07) is 11.0. The van der Waals surface area contributed by atoms with Gasteiger partial charge in [0, 0.05) is 13.6 Å². The molecule has 1 aliphatic heterocycles. The lowest BCUT2D eigenvalue weighted by Gasteiger charge is -2.21. The minimum Gasteiger partial charge on any atom is -0.395 e. The number of rotatable bonds is 5. The summed E-state index contributed by atoms with van der Waals surface area (Å²) in [6.45, 7) is 3.75. The first kappa shape index (κ1) is 18.8. The van der Waals surface area contributed by atoms with Gasteiger partial charge in [0.1, 0.15) is 11.5 Å². The number of anilines is 1. The number of benzene rings is 2. The lowest BCUT2D eigenvalue weighted by Crippen LogP contribution is -2.35. The average molecular weight is 368 g/mol. The normalized spacial score (nSPS) is 14.3. The number of hydrogen-bond donors (Lipinski definition) is 1. The Bertz CT molecular complexity index is 935. The summed E-state index contributed by atoms with van der Waals surface area (Å²) >= 11 is 0. The van der Waals surface area contributed by atoms with E-state index in [0.717, 1.165) is 16.0 Å². The third kappa shape index (κ3) is 3.36. The van der Waals surface area contributed by atoms with E-state index >= 15 is 0 Å². The van der Waals surface area contributed by atoms with Crippen molar-refractivity contribution >= 4 is 23.1 Å². The molecule has 2 aromatic carbocycles. The van der Waals surface area contributed by atoms with E-state index in [1.165, 1.54) is 24.3 Å². The second-order valence-corrected chi connectivity index (χ2v) is 6.61. The molecule has 0 radical (unpaired) electrons. The lowest BCUT2D eigenvalue weighted by atomic mass is 10.0. The smallest absolute Gasteiger partial charge is 0.282 e. The molecule has 0 saturated carbocycles. The van der Waals surface area contributed by atoms with E-state index in [2.05, 4.69) is 0 Å². The van der Waals surface area contributed by atoms with Gasteiger partial charge in [0.05, 0.1) is 17.9 Å². The highest BCUT2D eigenvalue weighted by atomic mass is 19.1. The van der Waals surface area contributed by atoms with Crippen molar-refractivity contribution in [2.75, 3.05) is 25.1 Å². The van der Waals surface area contributed by atoms with Crippen molar-refractivity contribution in [3.63, 3.8) is 0 Å². The third-order valence-electron chi connectivity index (χ3n) is 4.61. The Morgan fingerprint density at radius 2 is 1.70 bits per heavy atom. The van der Waals surface area contributed by atoms with E-state index in [-0.39, 0.29) is 24.4 Å². The Labute approximate surface area is 157 Å². The molecule has 0 bridgehead atoms. The van der Waals surface area contributed by atoms with Gasteiger partial charge in [-0.15, -0.1) is 0 Å². The summed E-state index contributed by atoms with van der Waals surface area (Å²) in [5.41, 5.74) is 3.11. The largest absolute Gasteiger partial charge is 0.395 e. The summed E-state index contributed by atoms with van der Waals surface area (Å²) in [6.07, 6.45) is 0. The standard InChI is InChI=1S/C21H21FN2O3/c1-13-4-5-14(2)17(12-13)24-20(26)18(15-6-8-16(22)9-7-15)19(21(24)27)23(3)10-11-25/h4-9,12,25H,10-11H2,1-3H3. The number of aryl methyl sites for hydroxylation is 2. The van der Waals surface area contributed by atoms with Crippen LogP contribution < -0.4 is 4.90 Å². The van der Waals surface area contributed by atoms with Gasteiger partial charge in [0.25, 0.3) is 11.8 Å². The maximum absolute atomic E-state index is 13.3. The highest BCUT2D eigenvalue weighted by Crippen LogP contribution is 2.35. The number of likely N-dealkylation sites (N-methyl/N-ethyl adjacent to an activating group) is 1. The molecule has 0 saturated heterocycles. The number of imide groups is 1. The predicted molar refractivity (Wildman–Crippen MR) is 101 cm³/mol. The molecule has 5 nitrogen and oxygen atoms in total. The molecule has 140 valence electrons. The third-order valence-corrected chi connectivity index (χ3v) is 4.61. The number of amides is 2. The minimum atomic E-state index is -0.458. The number of carbonyl (C=O) groups is 2. The summed E-state index contributed by atoms with van der Waals surface area (Å²) in [7, 11) is 1.65. The monoisotopic (exact) mass is 368 g/mol. The van der Waals surface area contributed by atoms with Crippen molar-refractivity contribution in [3.05, 3.63) is 70.7 Å². The van der Waals surface area contributed by atoms with Crippen molar-refractivity contribution in [3.8, 4) is 0 Å². The van der Waals surface area contributed by atoms with Gasteiger partial charge in [-0.2, -0.15) is 0 Å². The fourth-order valence-electron chi connectivity index (χ4n) is 3.19. The van der Waals surface area contributed by atoms with Crippen LogP contribution in [0, 0.1) is 19.7 Å². The zero-order valence-corrected chi connectivity index (χ0v) is 15.5. The molecule has 0 spiro atoms. The Balaban J connectivity index is 2.16. The van der Waals surface area contributed by atoms with Crippen LogP contribution >= 0.6 is 0 Å². The highest BCUT2D eigenvalue weighted by molar-refractivity contribution is 6.45. The topological polar surface area (TPSA) is 60.9 Å². The van der Waals surface area contributed by atoms with E-state index in [1.54, 1.807) is 18.0 Å². The SMILES string of the molecule is Cc1ccc(C)c(N2C(=O)C(c3ccc(F)cc3)=C(N(C)CCO)C2=O)c1. The number of carbonyl (C=O) groups excluding carboxylic acids is 2. The zero-order chi connectivity index (χ0) is 19.7. The van der Waals surface area contributed by atoms with Gasteiger partial charge in [-0.1, -0.05) is 24.3 Å². The van der Waals surface area contributed by atoms with E-state index in [0.29, 0.717) is 11.3 Å². The van der Waals surface area contributed by atoms with Crippen molar-refractivity contribution < 1.29 is 19.1 Å². The van der Waals surface area contributed by atoms with E-state index < -0.39 is 17.6 Å². The van der Waals surface area contributed by atoms with Crippen LogP contribution in [-0.4, -0.2) is 42.0 Å². The van der Waals surface area contributed by atoms with Crippen LogP contribution in [0.5, 0.6) is 0 Å². The molecule has 2 aromatic rings. The minimum absolute atomic E-state index is 0.165. The number of halogens is 1. The molecular formula is C21H21FN2O3. The van der Waals surface area contributed by atoms with E-state index in [4.69, 9.17) is 0 Å². The highest BCUT2D eigenvalue weighted by Gasteiger charge is 2.42. The Kier molecular flexibility index (Phi) is 5.10. The molecule has 0 fully saturated rings. The summed E-state index contributed by atoms with van der Waals surface area (Å²) in [5.74, 6) is -1.34. The molecule has 3 rings (SSSR count). The summed E-state index contributed by atoms with van der Waals surface area (Å²) in [5, 5.41) is 9.28. The van der Waals surface area contributed by atoms with Gasteiger partial charge in [-0.05, 0) is 48.7 Å². The molecule has 1 heterocycles. The molecule has 0 atom stereocenters. The van der Waals surface area contributed by atoms with Gasteiger partial charge in [0.2, 0.25) is 0 Å². The second kappa shape index (κ2) is 7.32. The summed E-state index contributed by atoms with van der Waals surface area (Å²) < 4.78 is 13.3. The maximum atomic E-state index is 13.3. The molecule has 0 aliphatic carbocycles. The predicted octanol–water partition coefficient (Wildman–Crippen LogP) is 2.65. The van der Waals surface area contributed by atoms with Crippen LogP contribution in [0.2, 0.25) is 0 Å². The van der Waals surface area contributed by atoms with Gasteiger partial charge >= 0.3 is 0 Å². The number of aliphatic hydroxyl groups is 1. The van der Waals surface area contributed by atoms with Crippen LogP contribution in [-0.2, 0) is 9.59 Å². The van der Waals surface area contributed by atoms with Crippen molar-refractivity contribution in [2.45, 2.75) is 13.8 Å². The molecule has 2 amide bonds. The maximum Gasteiger partial charge on any atom is 0.282 e. The van der Waals surface area contributed by atoms with Gasteiger partial charge in [-0.3, -0.25) is 9.59 Å². The quantitative estimate of drug-likeness (QED) is 0.825. The van der Waals surface area contributed by atoms with Crippen molar-refractivity contribution in [1.29, 1.82) is 0 Å². The first-order valence-corrected chi connectivity index (χ1v) is 8.63. The van der Waals surface area contributed by atoms with Crippen LogP contribution in [0.1, 0.15) is 16.7 Å². The zero-order valence-electron chi connectivity index (χ0n) is 15.5. The molecule has 1 N–H and O–H groups in total. The average Bonchev–Trinajstić information content (AvgIpc) is 2.89. The van der Waals surface area contributed by atoms with Gasteiger partial charge < -0.3 is 10.0 Å². The van der Waals surface area contributed by atoms with E-state index in [9.17, 15) is 19.1 Å². The van der Waals surface area contributed by atoms with Gasteiger partial charge in [-0.25, -0.2) is 9.29 Å². The number of hydrogen-bond acceptors (Lipinski definition) is 4. The molecule has 0 unspecified atom stereocenters. The van der Waals surface area contributed by atoms with Crippen LogP contribution in [0.25, 0.3) is 5.57 Å². The molecule has 27 heavy (non-hydrogen) atoms. The lowest BCUT2D eigenvalue weighted by molar-refractivity contribution is -0.120. The molecule has 0 aromatic heterocycles. The first-order valence-electron chi connectivity index (χ1n) is 8.63. The Morgan fingerprint density at radius 1 is 1.04 bits per heavy atom. The van der Waals surface area contributed by atoms with Crippen LogP contribution in [0.15, 0.2) is 48.2 Å². The number of aliphatic hydroxyl groups excluding tert-OH is 1. The van der Waals surface area contributed by atoms with Crippen molar-refractivity contribution in [1.82, 2.24) is 4.90 Å². The van der Waals surface area contributed by atoms with Crippen LogP contribution in [0.3, 0.4) is 0 Å². The van der Waals surface area contributed by atoms with E-state index in [1.807, 2.05) is 26.0 Å². The Hall–Kier alpha value is -2.99.